The van der Waals surface area contributed by atoms with Gasteiger partial charge in [-0.1, -0.05) is 0 Å². The van der Waals surface area contributed by atoms with Crippen molar-refractivity contribution < 1.29 is 18.0 Å². The number of aromatic nitrogens is 4. The maximum absolute atomic E-state index is 12.8. The Bertz CT molecular complexity index is 1030. The van der Waals surface area contributed by atoms with Crippen LogP contribution < -0.4 is 11.1 Å². The van der Waals surface area contributed by atoms with Gasteiger partial charge in [-0.2, -0.15) is 13.2 Å². The van der Waals surface area contributed by atoms with Gasteiger partial charge in [-0.05, 0) is 25.0 Å². The smallest absolute Gasteiger partial charge is 0.375 e. The van der Waals surface area contributed by atoms with E-state index in [0.29, 0.717) is 29.0 Å². The molecule has 1 amide bonds. The standard InChI is InChI=1S/C17H13F3N6OS/c18-17(19,20)12-7-22-6-10(24-12)8-1-4-13(23-5-8)25-15(27)9-2-3-11-14(9)26-16(21)28-11/h1,4-7,9H,2-3H2,(H2,21,26)(H,23,25,27). The molecule has 0 fully saturated rings. The molecule has 0 aromatic carbocycles. The maximum Gasteiger partial charge on any atom is 0.434 e. The number of pyridine rings is 1. The lowest BCUT2D eigenvalue weighted by Crippen LogP contribution is -2.20. The molecule has 1 aliphatic rings. The highest BCUT2D eigenvalue weighted by Gasteiger charge is 2.34. The summed E-state index contributed by atoms with van der Waals surface area (Å²) in [4.78, 5) is 29.0. The Labute approximate surface area is 160 Å². The number of halogens is 3. The van der Waals surface area contributed by atoms with Crippen molar-refractivity contribution in [2.45, 2.75) is 24.9 Å². The summed E-state index contributed by atoms with van der Waals surface area (Å²) in [7, 11) is 0. The van der Waals surface area contributed by atoms with Crippen LogP contribution in [-0.2, 0) is 17.4 Å². The second kappa shape index (κ2) is 6.82. The van der Waals surface area contributed by atoms with Gasteiger partial charge < -0.3 is 11.1 Å². The molecule has 1 unspecified atom stereocenters. The molecule has 4 rings (SSSR count). The van der Waals surface area contributed by atoms with E-state index >= 15 is 0 Å². The average molecular weight is 406 g/mol. The van der Waals surface area contributed by atoms with E-state index < -0.39 is 11.9 Å². The van der Waals surface area contributed by atoms with Gasteiger partial charge in [-0.25, -0.2) is 15.0 Å². The zero-order valence-corrected chi connectivity index (χ0v) is 15.0. The Hall–Kier alpha value is -3.08. The molecule has 0 saturated heterocycles. The Morgan fingerprint density at radius 3 is 2.75 bits per heavy atom. The van der Waals surface area contributed by atoms with Gasteiger partial charge in [0.1, 0.15) is 5.82 Å². The minimum Gasteiger partial charge on any atom is -0.375 e. The van der Waals surface area contributed by atoms with Crippen molar-refractivity contribution in [2.75, 3.05) is 11.1 Å². The number of nitrogens with zero attached hydrogens (tertiary/aromatic N) is 4. The zero-order valence-electron chi connectivity index (χ0n) is 14.2. The molecule has 0 spiro atoms. The van der Waals surface area contributed by atoms with Crippen molar-refractivity contribution in [3.63, 3.8) is 0 Å². The van der Waals surface area contributed by atoms with E-state index in [2.05, 4.69) is 25.3 Å². The molecule has 28 heavy (non-hydrogen) atoms. The highest BCUT2D eigenvalue weighted by atomic mass is 32.1. The summed E-state index contributed by atoms with van der Waals surface area (Å²) in [5.74, 6) is -0.354. The van der Waals surface area contributed by atoms with Crippen LogP contribution in [0.2, 0.25) is 0 Å². The van der Waals surface area contributed by atoms with Crippen molar-refractivity contribution in [1.82, 2.24) is 19.9 Å². The summed E-state index contributed by atoms with van der Waals surface area (Å²) in [5, 5.41) is 3.14. The van der Waals surface area contributed by atoms with Crippen molar-refractivity contribution in [3.8, 4) is 11.3 Å². The zero-order chi connectivity index (χ0) is 19.9. The Morgan fingerprint density at radius 1 is 1.21 bits per heavy atom. The number of alkyl halides is 3. The van der Waals surface area contributed by atoms with Crippen LogP contribution in [0.4, 0.5) is 24.1 Å². The molecule has 3 N–H and O–H groups in total. The van der Waals surface area contributed by atoms with E-state index in [0.717, 1.165) is 11.3 Å². The van der Waals surface area contributed by atoms with Crippen LogP contribution in [0.1, 0.15) is 28.6 Å². The summed E-state index contributed by atoms with van der Waals surface area (Å²) >= 11 is 1.38. The highest BCUT2D eigenvalue weighted by molar-refractivity contribution is 7.15. The molecule has 3 aromatic heterocycles. The maximum atomic E-state index is 12.8. The molecule has 144 valence electrons. The third kappa shape index (κ3) is 3.52. The Morgan fingerprint density at radius 2 is 2.04 bits per heavy atom. The summed E-state index contributed by atoms with van der Waals surface area (Å²) in [5.41, 5.74) is 5.71. The fourth-order valence-electron chi connectivity index (χ4n) is 2.98. The van der Waals surface area contributed by atoms with Crippen LogP contribution in [0.3, 0.4) is 0 Å². The number of fused-ring (bicyclic) bond motifs is 1. The second-order valence-corrected chi connectivity index (χ2v) is 7.28. The Kier molecular flexibility index (Phi) is 4.46. The predicted octanol–water partition coefficient (Wildman–Crippen LogP) is 3.26. The molecule has 3 aromatic rings. The summed E-state index contributed by atoms with van der Waals surface area (Å²) < 4.78 is 38.3. The van der Waals surface area contributed by atoms with Crippen molar-refractivity contribution in [2.24, 2.45) is 0 Å². The van der Waals surface area contributed by atoms with Crippen molar-refractivity contribution in [1.29, 1.82) is 0 Å². The minimum absolute atomic E-state index is 0.0404. The van der Waals surface area contributed by atoms with E-state index in [9.17, 15) is 18.0 Å². The van der Waals surface area contributed by atoms with Gasteiger partial charge in [-0.3, -0.25) is 9.78 Å². The third-order valence-electron chi connectivity index (χ3n) is 4.29. The SMILES string of the molecule is Nc1nc2c(s1)CCC2C(=O)Nc1ccc(-c2cncc(C(F)(F)F)n2)cn1. The number of nitrogens with one attached hydrogen (secondary N) is 1. The summed E-state index contributed by atoms with van der Waals surface area (Å²) in [6.45, 7) is 0. The molecule has 11 heteroatoms. The van der Waals surface area contributed by atoms with Crippen LogP contribution in [0.15, 0.2) is 30.7 Å². The van der Waals surface area contributed by atoms with Crippen LogP contribution in [0, 0.1) is 0 Å². The fourth-order valence-corrected chi connectivity index (χ4v) is 3.88. The van der Waals surface area contributed by atoms with E-state index in [1.165, 1.54) is 35.9 Å². The predicted molar refractivity (Wildman–Crippen MR) is 96.5 cm³/mol. The number of aryl methyl sites for hydroxylation is 1. The normalized spacial score (nSPS) is 16.0. The van der Waals surface area contributed by atoms with E-state index in [4.69, 9.17) is 5.73 Å². The molecule has 0 radical (unpaired) electrons. The second-order valence-electron chi connectivity index (χ2n) is 6.16. The molecular formula is C17H13F3N6OS. The first-order valence-corrected chi connectivity index (χ1v) is 9.04. The minimum atomic E-state index is -4.58. The van der Waals surface area contributed by atoms with E-state index in [1.807, 2.05) is 0 Å². The molecule has 1 atom stereocenters. The lowest BCUT2D eigenvalue weighted by molar-refractivity contribution is -0.141. The summed E-state index contributed by atoms with van der Waals surface area (Å²) in [6.07, 6.45) is 0.0368. The number of hydrogen-bond donors (Lipinski definition) is 2. The number of nitrogens with two attached hydrogens (primary N) is 1. The number of amides is 1. The van der Waals surface area contributed by atoms with Gasteiger partial charge in [-0.15, -0.1) is 11.3 Å². The lowest BCUT2D eigenvalue weighted by Gasteiger charge is -2.11. The molecule has 0 bridgehead atoms. The average Bonchev–Trinajstić information content (AvgIpc) is 3.20. The number of hydrogen-bond acceptors (Lipinski definition) is 7. The molecule has 0 aliphatic heterocycles. The topological polar surface area (TPSA) is 107 Å². The number of carbonyl (C=O) groups excluding carboxylic acids is 1. The largest absolute Gasteiger partial charge is 0.434 e. The Balaban J connectivity index is 1.49. The lowest BCUT2D eigenvalue weighted by atomic mass is 10.1. The van der Waals surface area contributed by atoms with Crippen LogP contribution in [0.5, 0.6) is 0 Å². The first-order valence-electron chi connectivity index (χ1n) is 8.23. The first-order chi connectivity index (χ1) is 13.3. The van der Waals surface area contributed by atoms with Gasteiger partial charge in [0.2, 0.25) is 5.91 Å². The molecule has 1 aliphatic carbocycles. The summed E-state index contributed by atoms with van der Waals surface area (Å²) in [6, 6.07) is 3.02. The first kappa shape index (κ1) is 18.3. The molecular weight excluding hydrogens is 393 g/mol. The molecule has 3 heterocycles. The number of anilines is 2. The quantitative estimate of drug-likeness (QED) is 0.691. The van der Waals surface area contributed by atoms with Gasteiger partial charge in [0.15, 0.2) is 10.8 Å². The van der Waals surface area contributed by atoms with Crippen molar-refractivity contribution in [3.05, 3.63) is 47.0 Å². The molecule has 7 nitrogen and oxygen atoms in total. The fraction of sp³-hybridized carbons (Fsp3) is 0.235. The highest BCUT2D eigenvalue weighted by Crippen LogP contribution is 2.38. The van der Waals surface area contributed by atoms with Gasteiger partial charge in [0.25, 0.3) is 0 Å². The van der Waals surface area contributed by atoms with E-state index in [1.54, 1.807) is 0 Å². The van der Waals surface area contributed by atoms with Gasteiger partial charge in [0, 0.05) is 16.6 Å². The van der Waals surface area contributed by atoms with Gasteiger partial charge in [0.05, 0.1) is 29.7 Å². The van der Waals surface area contributed by atoms with Gasteiger partial charge >= 0.3 is 6.18 Å². The van der Waals surface area contributed by atoms with Crippen molar-refractivity contribution >= 4 is 28.2 Å². The van der Waals surface area contributed by atoms with Crippen LogP contribution in [0.25, 0.3) is 11.3 Å². The van der Waals surface area contributed by atoms with E-state index in [-0.39, 0.29) is 23.3 Å². The molecule has 0 saturated carbocycles. The monoisotopic (exact) mass is 406 g/mol. The number of carbonyl (C=O) groups is 1. The van der Waals surface area contributed by atoms with Crippen LogP contribution in [-0.4, -0.2) is 25.8 Å². The third-order valence-corrected chi connectivity index (χ3v) is 5.25. The van der Waals surface area contributed by atoms with Crippen LogP contribution >= 0.6 is 11.3 Å². The number of thiazole rings is 1. The number of nitrogen functional groups attached to an aromatic ring is 1. The number of rotatable bonds is 3.